The van der Waals surface area contributed by atoms with Crippen LogP contribution in [0.5, 0.6) is 0 Å². The molecule has 2 heterocycles. The summed E-state index contributed by atoms with van der Waals surface area (Å²) in [6, 6.07) is 5.83. The van der Waals surface area contributed by atoms with Gasteiger partial charge in [0.2, 0.25) is 0 Å². The highest BCUT2D eigenvalue weighted by atomic mass is 16.5. The number of amides is 4. The van der Waals surface area contributed by atoms with Gasteiger partial charge in [-0.1, -0.05) is 41.5 Å². The second-order valence-corrected chi connectivity index (χ2v) is 28.3. The van der Waals surface area contributed by atoms with Gasteiger partial charge >= 0.3 is 11.9 Å². The van der Waals surface area contributed by atoms with E-state index < -0.39 is 60.1 Å². The number of aliphatic hydroxyl groups is 4. The molecule has 4 N–H and O–H groups in total. The van der Waals surface area contributed by atoms with E-state index in [-0.39, 0.29) is 105 Å². The number of carbonyl (C=O) groups is 6. The molecular weight excluding hydrogens is 989 g/mol. The summed E-state index contributed by atoms with van der Waals surface area (Å²) in [5.41, 5.74) is 0.0248. The Bertz CT molecular complexity index is 2580. The molecule has 14 heteroatoms. The largest absolute Gasteiger partial charge is 0.469 e. The fraction of sp³-hybridized carbons (Fsp3) is 0.750. The molecule has 22 atom stereocenters. The lowest BCUT2D eigenvalue weighted by Crippen LogP contribution is -2.63. The molecule has 8 fully saturated rings. The van der Waals surface area contributed by atoms with E-state index in [1.165, 1.54) is 24.0 Å². The molecule has 2 aliphatic heterocycles. The molecule has 12 rings (SSSR count). The van der Waals surface area contributed by atoms with Crippen LogP contribution in [0.3, 0.4) is 0 Å². The van der Waals surface area contributed by atoms with Crippen molar-refractivity contribution in [3.63, 3.8) is 0 Å². The van der Waals surface area contributed by atoms with Gasteiger partial charge in [0.25, 0.3) is 23.6 Å². The molecule has 8 aliphatic carbocycles. The van der Waals surface area contributed by atoms with Gasteiger partial charge in [-0.25, -0.2) is 0 Å². The maximum Gasteiger partial charge on any atom is 0.305 e. The smallest absolute Gasteiger partial charge is 0.305 e. The van der Waals surface area contributed by atoms with Gasteiger partial charge in [0.15, 0.2) is 0 Å². The first kappa shape index (κ1) is 54.4. The number of hydrogen-bond acceptors (Lipinski definition) is 12. The predicted octanol–water partition coefficient (Wildman–Crippen LogP) is 9.15. The van der Waals surface area contributed by atoms with Crippen LogP contribution >= 0.6 is 0 Å². The predicted molar refractivity (Wildman–Crippen MR) is 289 cm³/mol. The highest BCUT2D eigenvalue weighted by Crippen LogP contribution is 2.71. The van der Waals surface area contributed by atoms with Crippen LogP contribution in [0.15, 0.2) is 24.3 Å². The van der Waals surface area contributed by atoms with E-state index in [2.05, 4.69) is 41.5 Å². The van der Waals surface area contributed by atoms with Crippen molar-refractivity contribution in [1.82, 2.24) is 9.80 Å². The Labute approximate surface area is 460 Å². The Morgan fingerprint density at radius 3 is 1.21 bits per heavy atom. The highest BCUT2D eigenvalue weighted by Gasteiger charge is 2.68. The first-order chi connectivity index (χ1) is 37.0. The number of methoxy groups -OCH3 is 2. The zero-order chi connectivity index (χ0) is 55.4. The van der Waals surface area contributed by atoms with Crippen molar-refractivity contribution in [3.05, 3.63) is 46.5 Å². The molecule has 2 aromatic carbocycles. The SMILES string of the molecule is COC(=O)CC[C@@H](C)[C@H]1CC[C@H]2[C@@H]3[C@H](O)CC4C[C@H](N5C(=O)c6ccc7c8c(ccc(c68)C5=O)C(=O)N([C@@H]5CC[C@@]6(C)C(C5)C[C@@H](O)[C@H]5[C@@H]8CC[C@H]([C@H](C)CCC(=O)OC)[C@@]8(C)[C@@H](O)C[C@@H]56)C7=O)CC[C@]4(C)[C@H]3C[C@H](O)[C@]12C. The fourth-order valence-corrected chi connectivity index (χ4v) is 21.6. The quantitative estimate of drug-likeness (QED) is 0.130. The second-order valence-electron chi connectivity index (χ2n) is 28.3. The van der Waals surface area contributed by atoms with Crippen molar-refractivity contribution in [1.29, 1.82) is 0 Å². The molecule has 10 aliphatic rings. The van der Waals surface area contributed by atoms with Gasteiger partial charge in [-0.2, -0.15) is 0 Å². The first-order valence-corrected chi connectivity index (χ1v) is 30.3. The maximum absolute atomic E-state index is 14.9. The molecule has 8 saturated carbocycles. The van der Waals surface area contributed by atoms with Gasteiger partial charge in [-0.05, 0) is 220 Å². The van der Waals surface area contributed by atoms with Crippen LogP contribution in [-0.2, 0) is 19.1 Å². The van der Waals surface area contributed by atoms with Crippen LogP contribution in [0, 0.1) is 92.7 Å². The minimum atomic E-state index is -0.587. The molecule has 14 nitrogen and oxygen atoms in total. The Hall–Kier alpha value is -4.24. The van der Waals surface area contributed by atoms with E-state index in [4.69, 9.17) is 9.47 Å². The van der Waals surface area contributed by atoms with Crippen molar-refractivity contribution in [2.45, 2.75) is 194 Å². The summed E-state index contributed by atoms with van der Waals surface area (Å²) in [4.78, 5) is 86.6. The van der Waals surface area contributed by atoms with E-state index in [1.54, 1.807) is 24.3 Å². The molecule has 2 unspecified atom stereocenters. The van der Waals surface area contributed by atoms with E-state index >= 15 is 0 Å². The summed E-state index contributed by atoms with van der Waals surface area (Å²) in [5, 5.41) is 49.6. The summed E-state index contributed by atoms with van der Waals surface area (Å²) >= 11 is 0. The normalized spacial score (nSPS) is 44.2. The Balaban J connectivity index is 0.745. The Kier molecular flexibility index (Phi) is 13.4. The number of fused-ring (bicyclic) bond motifs is 10. The van der Waals surface area contributed by atoms with E-state index in [0.29, 0.717) is 110 Å². The number of ether oxygens (including phenoxy) is 2. The summed E-state index contributed by atoms with van der Waals surface area (Å²) < 4.78 is 9.88. The minimum absolute atomic E-state index is 0.0140. The number of nitrogens with zero attached hydrogens (tertiary/aromatic N) is 2. The van der Waals surface area contributed by atoms with Gasteiger partial charge in [0, 0.05) is 58.0 Å². The van der Waals surface area contributed by atoms with Gasteiger partial charge in [-0.3, -0.25) is 38.6 Å². The number of imide groups is 2. The monoisotopic (exact) mass is 1070 g/mol. The number of hydrogen-bond donors (Lipinski definition) is 4. The number of esters is 2. The van der Waals surface area contributed by atoms with Crippen LogP contribution in [-0.4, -0.2) is 117 Å². The average molecular weight is 1080 g/mol. The average Bonchev–Trinajstić information content (AvgIpc) is 3.21. The summed E-state index contributed by atoms with van der Waals surface area (Å²) in [5.74, 6) is -0.772. The van der Waals surface area contributed by atoms with Gasteiger partial charge in [0.1, 0.15) is 0 Å². The molecule has 424 valence electrons. The number of carbonyl (C=O) groups excluding carboxylic acids is 6. The molecular formula is C64H86N2O12. The van der Waals surface area contributed by atoms with Crippen molar-refractivity contribution in [2.75, 3.05) is 14.2 Å². The fourth-order valence-electron chi connectivity index (χ4n) is 21.6. The molecule has 0 spiro atoms. The lowest BCUT2D eigenvalue weighted by atomic mass is 9.43. The van der Waals surface area contributed by atoms with Crippen LogP contribution < -0.4 is 0 Å². The summed E-state index contributed by atoms with van der Waals surface area (Å²) in [7, 11) is 2.83. The van der Waals surface area contributed by atoms with Crippen molar-refractivity contribution in [2.24, 2.45) is 92.7 Å². The van der Waals surface area contributed by atoms with Gasteiger partial charge < -0.3 is 29.9 Å². The highest BCUT2D eigenvalue weighted by molar-refractivity contribution is 6.33. The number of aliphatic hydroxyl groups excluding tert-OH is 4. The first-order valence-electron chi connectivity index (χ1n) is 30.3. The molecule has 0 radical (unpaired) electrons. The molecule has 4 amide bonds. The van der Waals surface area contributed by atoms with Crippen molar-refractivity contribution >= 4 is 46.3 Å². The number of rotatable bonds is 10. The second kappa shape index (κ2) is 19.2. The Morgan fingerprint density at radius 1 is 0.526 bits per heavy atom. The van der Waals surface area contributed by atoms with Gasteiger partial charge in [-0.15, -0.1) is 0 Å². The van der Waals surface area contributed by atoms with Crippen LogP contribution in [0.1, 0.15) is 199 Å². The van der Waals surface area contributed by atoms with E-state index in [9.17, 15) is 49.2 Å². The Morgan fingerprint density at radius 2 is 0.872 bits per heavy atom. The van der Waals surface area contributed by atoms with Crippen LogP contribution in [0.25, 0.3) is 10.8 Å². The molecule has 78 heavy (non-hydrogen) atoms. The summed E-state index contributed by atoms with van der Waals surface area (Å²) in [6.07, 6.45) is 9.57. The zero-order valence-corrected chi connectivity index (χ0v) is 47.4. The van der Waals surface area contributed by atoms with Gasteiger partial charge in [0.05, 0.1) is 38.6 Å². The third kappa shape index (κ3) is 7.58. The molecule has 0 bridgehead atoms. The molecule has 2 aromatic rings. The minimum Gasteiger partial charge on any atom is -0.469 e. The maximum atomic E-state index is 14.9. The lowest BCUT2D eigenvalue weighted by molar-refractivity contribution is -0.204. The standard InChI is InChI=1S/C64H86N2O12/c1-31(9-19-51(71)77-7)41-15-17-43-55-45(29-49(69)63(41,43)5)61(3)23-21-35(25-33(61)27-47(55)67)65-57(73)37-11-13-39-54-40(14-12-38(53(37)54)58(65)74)60(76)66(59(39)75)36-22-24-62(4)34(26-36)28-48(68)56-44-18-16-42(32(2)10-20-52(72)78-8)64(44,6)50(70)30-46(56)62/h11-14,31-36,41-50,55-56,67-70H,9-10,15-30H2,1-8H3/t31-,32-,33?,34?,35-,36-,41-,42-,43+,44+,45+,46+,47-,48-,49+,50+,55+,56+,61+,62+,63-,64-/m1/s1. The summed E-state index contributed by atoms with van der Waals surface area (Å²) in [6.45, 7) is 13.4. The lowest BCUT2D eigenvalue weighted by Gasteiger charge is -2.64. The molecule has 0 aromatic heterocycles. The van der Waals surface area contributed by atoms with Crippen LogP contribution in [0.2, 0.25) is 0 Å². The van der Waals surface area contributed by atoms with Crippen molar-refractivity contribution in [3.8, 4) is 0 Å². The topological polar surface area (TPSA) is 208 Å². The van der Waals surface area contributed by atoms with Crippen LogP contribution in [0.4, 0.5) is 0 Å². The zero-order valence-electron chi connectivity index (χ0n) is 47.4. The van der Waals surface area contributed by atoms with E-state index in [1.807, 2.05) is 0 Å². The third-order valence-corrected chi connectivity index (χ3v) is 25.8. The number of benzene rings is 2. The molecule has 0 saturated heterocycles. The van der Waals surface area contributed by atoms with Crippen molar-refractivity contribution < 1.29 is 58.7 Å². The third-order valence-electron chi connectivity index (χ3n) is 25.8. The van der Waals surface area contributed by atoms with E-state index in [0.717, 1.165) is 38.5 Å².